The average molecular weight is 357 g/mol. The first kappa shape index (κ1) is 17.7. The summed E-state index contributed by atoms with van der Waals surface area (Å²) in [6, 6.07) is 8.36. The second-order valence-corrected chi connectivity index (χ2v) is 5.65. The summed E-state index contributed by atoms with van der Waals surface area (Å²) in [4.78, 5) is 23.0. The first-order valence-corrected chi connectivity index (χ1v) is 7.98. The summed E-state index contributed by atoms with van der Waals surface area (Å²) in [5.41, 5.74) is 1.19. The maximum absolute atomic E-state index is 11.7. The highest BCUT2D eigenvalue weighted by atomic mass is 79.9. The van der Waals surface area contributed by atoms with Crippen molar-refractivity contribution in [2.75, 3.05) is 19.6 Å². The van der Waals surface area contributed by atoms with E-state index in [4.69, 9.17) is 0 Å². The monoisotopic (exact) mass is 356 g/mol. The highest BCUT2D eigenvalue weighted by molar-refractivity contribution is 9.10. The quantitative estimate of drug-likeness (QED) is 0.641. The minimum absolute atomic E-state index is 0.0373. The minimum atomic E-state index is -0.161. The van der Waals surface area contributed by atoms with Gasteiger partial charge >= 0.3 is 0 Å². The zero-order valence-electron chi connectivity index (χ0n) is 12.5. The lowest BCUT2D eigenvalue weighted by Gasteiger charge is -2.14. The first-order chi connectivity index (χ1) is 10.1. The van der Waals surface area contributed by atoms with Gasteiger partial charge in [-0.3, -0.25) is 9.59 Å². The van der Waals surface area contributed by atoms with E-state index < -0.39 is 0 Å². The molecule has 0 bridgehead atoms. The molecule has 0 fully saturated rings. The number of hydrogen-bond acceptors (Lipinski definition) is 2. The number of nitrogens with one attached hydrogen (secondary N) is 2. The molecule has 6 heteroatoms. The molecule has 1 atom stereocenters. The molecule has 4 N–H and O–H groups in total. The van der Waals surface area contributed by atoms with Crippen LogP contribution in [0.3, 0.4) is 0 Å². The normalized spacial score (nSPS) is 11.8. The fourth-order valence-electron chi connectivity index (χ4n) is 2.01. The molecule has 0 aliphatic heterocycles. The Kier molecular flexibility index (Phi) is 8.00. The number of likely N-dealkylation sites (N-methyl/N-ethyl adjacent to an activating group) is 1. The lowest BCUT2D eigenvalue weighted by atomic mass is 10.0. The SMILES string of the molecule is CCNC(=O)CNC(=O)C[NH2+][C@H](CC)c1ccc(Br)cc1. The van der Waals surface area contributed by atoms with Crippen molar-refractivity contribution in [1.29, 1.82) is 0 Å². The van der Waals surface area contributed by atoms with E-state index in [-0.39, 0.29) is 24.4 Å². The van der Waals surface area contributed by atoms with Gasteiger partial charge in [-0.15, -0.1) is 0 Å². The molecule has 116 valence electrons. The van der Waals surface area contributed by atoms with E-state index in [0.29, 0.717) is 13.1 Å². The summed E-state index contributed by atoms with van der Waals surface area (Å²) in [5.74, 6) is -0.289. The predicted octanol–water partition coefficient (Wildman–Crippen LogP) is 0.716. The molecule has 5 nitrogen and oxygen atoms in total. The van der Waals surface area contributed by atoms with Crippen molar-refractivity contribution in [1.82, 2.24) is 10.6 Å². The summed E-state index contributed by atoms with van der Waals surface area (Å²) in [5, 5.41) is 7.25. The number of halogens is 1. The number of quaternary nitrogens is 1. The summed E-state index contributed by atoms with van der Waals surface area (Å²) >= 11 is 3.41. The molecule has 0 aliphatic rings. The molecule has 0 saturated carbocycles. The second kappa shape index (κ2) is 9.52. The highest BCUT2D eigenvalue weighted by Gasteiger charge is 2.14. The van der Waals surface area contributed by atoms with E-state index in [1.165, 1.54) is 5.56 Å². The van der Waals surface area contributed by atoms with Crippen LogP contribution in [0.2, 0.25) is 0 Å². The molecular formula is C15H23BrN3O2+. The van der Waals surface area contributed by atoms with Gasteiger partial charge in [-0.25, -0.2) is 0 Å². The number of amides is 2. The van der Waals surface area contributed by atoms with Gasteiger partial charge in [0, 0.05) is 23.0 Å². The Balaban J connectivity index is 2.39. The largest absolute Gasteiger partial charge is 0.355 e. The number of nitrogens with two attached hydrogens (primary N) is 1. The third-order valence-corrected chi connectivity index (χ3v) is 3.67. The number of hydrogen-bond donors (Lipinski definition) is 3. The Morgan fingerprint density at radius 1 is 1.14 bits per heavy atom. The van der Waals surface area contributed by atoms with E-state index in [9.17, 15) is 9.59 Å². The molecule has 0 aliphatic carbocycles. The molecule has 0 aromatic heterocycles. The summed E-state index contributed by atoms with van der Waals surface area (Å²) in [6.07, 6.45) is 0.936. The Labute approximate surface area is 134 Å². The van der Waals surface area contributed by atoms with E-state index in [2.05, 4.69) is 45.6 Å². The highest BCUT2D eigenvalue weighted by Crippen LogP contribution is 2.16. The molecule has 0 unspecified atom stereocenters. The molecule has 1 rings (SSSR count). The second-order valence-electron chi connectivity index (χ2n) is 4.74. The molecule has 0 heterocycles. The van der Waals surface area contributed by atoms with Crippen LogP contribution >= 0.6 is 15.9 Å². The van der Waals surface area contributed by atoms with Crippen LogP contribution in [-0.2, 0) is 9.59 Å². The molecular weight excluding hydrogens is 334 g/mol. The maximum Gasteiger partial charge on any atom is 0.275 e. The van der Waals surface area contributed by atoms with Gasteiger partial charge in [0.25, 0.3) is 5.91 Å². The van der Waals surface area contributed by atoms with Crippen LogP contribution in [-0.4, -0.2) is 31.4 Å². The van der Waals surface area contributed by atoms with Gasteiger partial charge in [-0.1, -0.05) is 35.0 Å². The zero-order chi connectivity index (χ0) is 15.7. The fourth-order valence-corrected chi connectivity index (χ4v) is 2.27. The third-order valence-electron chi connectivity index (χ3n) is 3.15. The molecule has 21 heavy (non-hydrogen) atoms. The number of carbonyl (C=O) groups is 2. The van der Waals surface area contributed by atoms with E-state index in [0.717, 1.165) is 10.9 Å². The average Bonchev–Trinajstić information content (AvgIpc) is 2.48. The lowest BCUT2D eigenvalue weighted by molar-refractivity contribution is -0.686. The standard InChI is InChI=1S/C15H22BrN3O2/c1-3-13(11-5-7-12(16)8-6-11)18-9-15(21)19-10-14(20)17-4-2/h5-8,13,18H,3-4,9-10H2,1-2H3,(H,17,20)(H,19,21)/p+1/t13-/m1/s1. The van der Waals surface area contributed by atoms with E-state index >= 15 is 0 Å². The van der Waals surface area contributed by atoms with Crippen LogP contribution in [0.5, 0.6) is 0 Å². The van der Waals surface area contributed by atoms with Gasteiger partial charge in [-0.2, -0.15) is 0 Å². The van der Waals surface area contributed by atoms with Crippen molar-refractivity contribution in [3.8, 4) is 0 Å². The minimum Gasteiger partial charge on any atom is -0.355 e. The number of carbonyl (C=O) groups excluding carboxylic acids is 2. The van der Waals surface area contributed by atoms with Crippen LogP contribution in [0.1, 0.15) is 31.9 Å². The van der Waals surface area contributed by atoms with Crippen molar-refractivity contribution in [3.63, 3.8) is 0 Å². The van der Waals surface area contributed by atoms with Crippen molar-refractivity contribution < 1.29 is 14.9 Å². The van der Waals surface area contributed by atoms with Crippen molar-refractivity contribution in [2.45, 2.75) is 26.3 Å². The Morgan fingerprint density at radius 2 is 1.81 bits per heavy atom. The zero-order valence-corrected chi connectivity index (χ0v) is 14.1. The maximum atomic E-state index is 11.7. The Hall–Kier alpha value is -1.40. The summed E-state index contributed by atoms with van der Waals surface area (Å²) < 4.78 is 1.04. The topological polar surface area (TPSA) is 74.8 Å². The van der Waals surface area contributed by atoms with Gasteiger partial charge in [-0.05, 0) is 19.1 Å². The molecule has 0 radical (unpaired) electrons. The molecule has 2 amide bonds. The van der Waals surface area contributed by atoms with Crippen LogP contribution in [0, 0.1) is 0 Å². The Bertz CT molecular complexity index is 462. The summed E-state index contributed by atoms with van der Waals surface area (Å²) in [7, 11) is 0. The van der Waals surface area contributed by atoms with Gasteiger partial charge in [0.05, 0.1) is 6.54 Å². The summed E-state index contributed by atoms with van der Waals surface area (Å²) in [6.45, 7) is 4.86. The van der Waals surface area contributed by atoms with Crippen molar-refractivity contribution in [3.05, 3.63) is 34.3 Å². The fraction of sp³-hybridized carbons (Fsp3) is 0.467. The molecule has 0 spiro atoms. The molecule has 1 aromatic rings. The van der Waals surface area contributed by atoms with Gasteiger partial charge in [0.1, 0.15) is 6.04 Å². The molecule has 0 saturated heterocycles. The van der Waals surface area contributed by atoms with Crippen molar-refractivity contribution >= 4 is 27.7 Å². The van der Waals surface area contributed by atoms with Crippen LogP contribution in [0.15, 0.2) is 28.7 Å². The number of benzene rings is 1. The van der Waals surface area contributed by atoms with Gasteiger partial charge in [0.2, 0.25) is 5.91 Å². The smallest absolute Gasteiger partial charge is 0.275 e. The van der Waals surface area contributed by atoms with E-state index in [1.807, 2.05) is 24.4 Å². The first-order valence-electron chi connectivity index (χ1n) is 7.19. The lowest BCUT2D eigenvalue weighted by Crippen LogP contribution is -2.87. The third kappa shape index (κ3) is 6.73. The Morgan fingerprint density at radius 3 is 2.38 bits per heavy atom. The number of rotatable bonds is 8. The predicted molar refractivity (Wildman–Crippen MR) is 85.7 cm³/mol. The van der Waals surface area contributed by atoms with Crippen LogP contribution in [0.4, 0.5) is 0 Å². The van der Waals surface area contributed by atoms with Crippen LogP contribution in [0.25, 0.3) is 0 Å². The van der Waals surface area contributed by atoms with E-state index in [1.54, 1.807) is 0 Å². The van der Waals surface area contributed by atoms with Gasteiger partial charge in [0.15, 0.2) is 6.54 Å². The van der Waals surface area contributed by atoms with Gasteiger partial charge < -0.3 is 16.0 Å². The molecule has 1 aromatic carbocycles. The van der Waals surface area contributed by atoms with Crippen LogP contribution < -0.4 is 16.0 Å². The van der Waals surface area contributed by atoms with Crippen molar-refractivity contribution in [2.24, 2.45) is 0 Å².